The number of nitrogens with two attached hydrogens (primary N) is 1. The van der Waals surface area contributed by atoms with Crippen molar-refractivity contribution in [1.29, 1.82) is 0 Å². The Hall–Kier alpha value is -7.40. The molecule has 0 spiro atoms. The van der Waals surface area contributed by atoms with Crippen molar-refractivity contribution in [3.63, 3.8) is 0 Å². The lowest BCUT2D eigenvalue weighted by molar-refractivity contribution is -0.132. The number of fused-ring (bicyclic) bond motifs is 2. The maximum absolute atomic E-state index is 13.1. The summed E-state index contributed by atoms with van der Waals surface area (Å²) in [4.78, 5) is 55.3. The molecule has 308 valence electrons. The molecule has 7 N–H and O–H groups in total. The van der Waals surface area contributed by atoms with Crippen LogP contribution in [0.2, 0.25) is 0 Å². The number of likely N-dealkylation sites (tertiary alicyclic amines) is 1. The van der Waals surface area contributed by atoms with E-state index in [0.29, 0.717) is 32.0 Å². The van der Waals surface area contributed by atoms with Gasteiger partial charge in [-0.15, -0.1) is 0 Å². The van der Waals surface area contributed by atoms with Gasteiger partial charge < -0.3 is 30.8 Å². The van der Waals surface area contributed by atoms with Crippen LogP contribution in [0.3, 0.4) is 0 Å². The summed E-state index contributed by atoms with van der Waals surface area (Å²) in [5.74, 6) is 0.635. The molecule has 10 rings (SSSR count). The van der Waals surface area contributed by atoms with E-state index < -0.39 is 0 Å². The molecule has 60 heavy (non-hydrogen) atoms. The smallest absolute Gasteiger partial charge is 0.236 e. The molecule has 2 saturated heterocycles. The molecule has 0 aliphatic carbocycles. The lowest BCUT2D eigenvalue weighted by Crippen LogP contribution is -2.51. The fourth-order valence-electron chi connectivity index (χ4n) is 7.51. The van der Waals surface area contributed by atoms with Gasteiger partial charge in [0.15, 0.2) is 5.82 Å². The maximum atomic E-state index is 13.1. The van der Waals surface area contributed by atoms with Crippen molar-refractivity contribution >= 4 is 50.7 Å². The molecule has 17 nitrogen and oxygen atoms in total. The molecule has 17 heteroatoms. The van der Waals surface area contributed by atoms with E-state index in [1.807, 2.05) is 53.4 Å². The number of aromatic nitrogens is 10. The third kappa shape index (κ3) is 8.70. The van der Waals surface area contributed by atoms with Gasteiger partial charge in [0.25, 0.3) is 0 Å². The minimum absolute atomic E-state index is 0. The molecule has 0 unspecified atom stereocenters. The zero-order valence-corrected chi connectivity index (χ0v) is 31.5. The highest BCUT2D eigenvalue weighted by atomic mass is 16.2. The average molecular weight is 808 g/mol. The first-order chi connectivity index (χ1) is 28.4. The monoisotopic (exact) mass is 807 g/mol. The molecule has 2 fully saturated rings. The van der Waals surface area contributed by atoms with Gasteiger partial charge in [0.05, 0.1) is 59.9 Å². The topological polar surface area (TPSA) is 222 Å². The number of anilines is 3. The molecule has 2 aliphatic heterocycles. The van der Waals surface area contributed by atoms with Gasteiger partial charge in [-0.25, -0.2) is 19.9 Å². The van der Waals surface area contributed by atoms with E-state index in [4.69, 9.17) is 5.73 Å². The van der Waals surface area contributed by atoms with E-state index in [9.17, 15) is 9.59 Å². The lowest BCUT2D eigenvalue weighted by atomic mass is 10.1. The molecule has 2 aliphatic rings. The number of carbonyl (C=O) groups excluding carboxylic acids is 2. The molecular weight excluding hydrogens is 759 g/mol. The number of hydrogen-bond donors (Lipinski definition) is 6. The summed E-state index contributed by atoms with van der Waals surface area (Å²) in [6.07, 6.45) is 10.9. The Labute approximate surface area is 346 Å². The Morgan fingerprint density at radius 1 is 0.767 bits per heavy atom. The molecule has 0 radical (unpaired) electrons. The number of nitrogens with one attached hydrogen (secondary N) is 5. The first-order valence-electron chi connectivity index (χ1n) is 19.1. The zero-order chi connectivity index (χ0) is 39.4. The second-order valence-electron chi connectivity index (χ2n) is 14.3. The summed E-state index contributed by atoms with van der Waals surface area (Å²) in [6.45, 7) is 4.55. The molecule has 7 heterocycles. The van der Waals surface area contributed by atoms with Crippen LogP contribution in [0.25, 0.3) is 56.0 Å². The normalized spacial score (nSPS) is 15.2. The van der Waals surface area contributed by atoms with Crippen molar-refractivity contribution in [2.75, 3.05) is 61.8 Å². The fraction of sp³-hybridized carbons (Fsp3) is 0.256. The van der Waals surface area contributed by atoms with Crippen molar-refractivity contribution in [1.82, 2.24) is 60.1 Å². The number of aromatic amines is 4. The number of nitrogens with zero attached hydrogens (tertiary/aromatic N) is 9. The number of carbonyl (C=O) groups is 2. The summed E-state index contributed by atoms with van der Waals surface area (Å²) in [6, 6.07) is 21.4. The average Bonchev–Trinajstić information content (AvgIpc) is 4.12. The Balaban J connectivity index is 0.000000269. The largest absolute Gasteiger partial charge is 0.399 e. The molecule has 1 atom stereocenters. The number of benzene rings is 3. The Kier molecular flexibility index (Phi) is 12.3. The summed E-state index contributed by atoms with van der Waals surface area (Å²) >= 11 is 0. The van der Waals surface area contributed by atoms with Crippen LogP contribution >= 0.6 is 0 Å². The van der Waals surface area contributed by atoms with E-state index in [2.05, 4.69) is 77.5 Å². The van der Waals surface area contributed by atoms with Gasteiger partial charge in [-0.2, -0.15) is 10.2 Å². The SMILES string of the molecule is C.C.Nc1ccc2[nH]nc(-c3cnc[nH]3)c2c1.O=C(Nc1ccc2[nH]nc(-c3cnc[nH]3)c2c1)[C@@H]1CCN(CC(=O)N2CCN(c3ccc(-c4ncccn4)cc3)CC2)C1. The van der Waals surface area contributed by atoms with Crippen LogP contribution in [0.5, 0.6) is 0 Å². The number of piperazine rings is 1. The van der Waals surface area contributed by atoms with E-state index >= 15 is 0 Å². The predicted molar refractivity (Wildman–Crippen MR) is 235 cm³/mol. The quantitative estimate of drug-likeness (QED) is 0.100. The van der Waals surface area contributed by atoms with Crippen LogP contribution in [0, 0.1) is 5.92 Å². The van der Waals surface area contributed by atoms with Gasteiger partial charge in [-0.3, -0.25) is 24.7 Å². The maximum Gasteiger partial charge on any atom is 0.236 e. The number of rotatable bonds is 8. The van der Waals surface area contributed by atoms with Gasteiger partial charge in [-0.05, 0) is 79.7 Å². The number of imidazole rings is 2. The molecule has 8 aromatic rings. The van der Waals surface area contributed by atoms with Gasteiger partial charge >= 0.3 is 0 Å². The molecule has 3 aromatic carbocycles. The number of nitrogen functional groups attached to an aromatic ring is 1. The first kappa shape index (κ1) is 40.8. The summed E-state index contributed by atoms with van der Waals surface area (Å²) in [5.41, 5.74) is 14.4. The minimum Gasteiger partial charge on any atom is -0.399 e. The molecule has 5 aromatic heterocycles. The Morgan fingerprint density at radius 2 is 1.40 bits per heavy atom. The number of H-pyrrole nitrogens is 4. The van der Waals surface area contributed by atoms with Gasteiger partial charge in [-0.1, -0.05) is 14.9 Å². The first-order valence-corrected chi connectivity index (χ1v) is 19.1. The molecule has 0 saturated carbocycles. The van der Waals surface area contributed by atoms with Crippen LogP contribution in [-0.2, 0) is 9.59 Å². The predicted octanol–water partition coefficient (Wildman–Crippen LogP) is 5.83. The van der Waals surface area contributed by atoms with Crippen LogP contribution in [0.1, 0.15) is 21.3 Å². The third-order valence-corrected chi connectivity index (χ3v) is 10.6. The van der Waals surface area contributed by atoms with Crippen molar-refractivity contribution in [3.8, 4) is 34.2 Å². The summed E-state index contributed by atoms with van der Waals surface area (Å²) in [5, 5.41) is 19.6. The highest BCUT2D eigenvalue weighted by Crippen LogP contribution is 2.29. The minimum atomic E-state index is -0.166. The van der Waals surface area contributed by atoms with Crippen molar-refractivity contribution in [2.45, 2.75) is 21.3 Å². The number of hydrogen-bond acceptors (Lipinski definition) is 11. The fourth-order valence-corrected chi connectivity index (χ4v) is 7.51. The van der Waals surface area contributed by atoms with Crippen LogP contribution < -0.4 is 16.0 Å². The highest BCUT2D eigenvalue weighted by molar-refractivity contribution is 5.99. The molecule has 0 bridgehead atoms. The lowest BCUT2D eigenvalue weighted by Gasteiger charge is -2.36. The standard InChI is InChI=1S/C31H32N10O2.C10H9N5.2CH4/c42-28(41-14-12-40(13-15-41)24-5-2-21(3-6-24)30-33-9-1-10-34-30)19-39-11-8-22(18-39)31(43)36-23-4-7-26-25(16-23)29(38-37-26)27-17-32-20-35-27;11-6-1-2-8-7(3-6)10(15-14-8)9-4-12-5-13-9;;/h1-7,9-10,16-17,20,22H,8,11-15,18-19H2,(H,32,35)(H,36,43)(H,37,38);1-5H,11H2,(H,12,13)(H,14,15);2*1H4/t22-;;;/m1.../s1. The second kappa shape index (κ2) is 18.0. The Bertz CT molecular complexity index is 2630. The third-order valence-electron chi connectivity index (χ3n) is 10.6. The molecular formula is C43H49N15O2. The highest BCUT2D eigenvalue weighted by Gasteiger charge is 2.31. The van der Waals surface area contributed by atoms with Crippen molar-refractivity contribution in [2.24, 2.45) is 5.92 Å². The van der Waals surface area contributed by atoms with Crippen molar-refractivity contribution < 1.29 is 9.59 Å². The van der Waals surface area contributed by atoms with Gasteiger partial charge in [0, 0.05) is 78.5 Å². The van der Waals surface area contributed by atoms with Crippen LogP contribution in [0.4, 0.5) is 17.1 Å². The summed E-state index contributed by atoms with van der Waals surface area (Å²) < 4.78 is 0. The Morgan fingerprint density at radius 3 is 2.03 bits per heavy atom. The van der Waals surface area contributed by atoms with Crippen LogP contribution in [-0.4, -0.2) is 118 Å². The number of amides is 2. The molecule has 2 amide bonds. The van der Waals surface area contributed by atoms with Crippen molar-refractivity contribution in [3.05, 3.63) is 104 Å². The van der Waals surface area contributed by atoms with E-state index in [1.54, 1.807) is 43.5 Å². The summed E-state index contributed by atoms with van der Waals surface area (Å²) in [7, 11) is 0. The second-order valence-corrected chi connectivity index (χ2v) is 14.3. The van der Waals surface area contributed by atoms with E-state index in [-0.39, 0.29) is 32.6 Å². The van der Waals surface area contributed by atoms with E-state index in [0.717, 1.165) is 93.3 Å². The van der Waals surface area contributed by atoms with Crippen LogP contribution in [0.15, 0.2) is 104 Å². The van der Waals surface area contributed by atoms with Gasteiger partial charge in [0.1, 0.15) is 11.4 Å². The van der Waals surface area contributed by atoms with E-state index in [1.165, 1.54) is 0 Å². The van der Waals surface area contributed by atoms with Gasteiger partial charge in [0.2, 0.25) is 11.8 Å². The zero-order valence-electron chi connectivity index (χ0n) is 31.5.